The Bertz CT molecular complexity index is 677. The molecule has 0 spiro atoms. The summed E-state index contributed by atoms with van der Waals surface area (Å²) in [6.07, 6.45) is 3.07. The second-order valence-electron chi connectivity index (χ2n) is 4.61. The lowest BCUT2D eigenvalue weighted by Crippen LogP contribution is -2.04. The average molecular weight is 300 g/mol. The van der Waals surface area contributed by atoms with E-state index in [0.717, 1.165) is 11.6 Å². The van der Waals surface area contributed by atoms with E-state index in [1.54, 1.807) is 0 Å². The molecule has 0 aliphatic heterocycles. The summed E-state index contributed by atoms with van der Waals surface area (Å²) in [7, 11) is 0. The van der Waals surface area contributed by atoms with Crippen LogP contribution in [0.1, 0.15) is 11.1 Å². The number of benzene rings is 2. The van der Waals surface area contributed by atoms with E-state index in [1.807, 2.05) is 30.3 Å². The molecule has 5 nitrogen and oxygen atoms in total. The largest absolute Gasteiger partial charge is 0.504 e. The molecule has 0 unspecified atom stereocenters. The smallest absolute Gasteiger partial charge is 0.330 e. The molecule has 22 heavy (non-hydrogen) atoms. The van der Waals surface area contributed by atoms with Crippen LogP contribution in [0.2, 0.25) is 0 Å². The zero-order chi connectivity index (χ0) is 15.9. The Kier molecular flexibility index (Phi) is 5.03. The molecular weight excluding hydrogens is 284 g/mol. The van der Waals surface area contributed by atoms with Gasteiger partial charge in [0.25, 0.3) is 0 Å². The summed E-state index contributed by atoms with van der Waals surface area (Å²) in [5.41, 5.74) is 1.27. The van der Waals surface area contributed by atoms with Gasteiger partial charge in [0.05, 0.1) is 6.61 Å². The van der Waals surface area contributed by atoms with Gasteiger partial charge in [-0.05, 0) is 23.8 Å². The van der Waals surface area contributed by atoms with Gasteiger partial charge in [-0.25, -0.2) is 4.79 Å². The van der Waals surface area contributed by atoms with Gasteiger partial charge in [-0.3, -0.25) is 0 Å². The van der Waals surface area contributed by atoms with E-state index >= 15 is 0 Å². The van der Waals surface area contributed by atoms with Crippen LogP contribution in [-0.4, -0.2) is 27.9 Å². The van der Waals surface area contributed by atoms with Crippen LogP contribution >= 0.6 is 0 Å². The fourth-order valence-electron chi connectivity index (χ4n) is 1.84. The molecule has 2 rings (SSSR count). The summed E-state index contributed by atoms with van der Waals surface area (Å²) < 4.78 is 5.04. The monoisotopic (exact) mass is 300 g/mol. The van der Waals surface area contributed by atoms with E-state index in [9.17, 15) is 20.1 Å². The highest BCUT2D eigenvalue weighted by atomic mass is 16.5. The Morgan fingerprint density at radius 1 is 1.00 bits per heavy atom. The van der Waals surface area contributed by atoms with Crippen LogP contribution in [0.15, 0.2) is 48.5 Å². The highest BCUT2D eigenvalue weighted by Gasteiger charge is 2.09. The van der Waals surface area contributed by atoms with Crippen molar-refractivity contribution < 1.29 is 24.9 Å². The predicted octanol–water partition coefficient (Wildman–Crippen LogP) is 2.60. The van der Waals surface area contributed by atoms with E-state index in [-0.39, 0.29) is 12.2 Å². The number of phenolic OH excluding ortho intramolecular Hbond substituents is 3. The quantitative estimate of drug-likeness (QED) is 0.449. The maximum atomic E-state index is 11.6. The van der Waals surface area contributed by atoms with E-state index < -0.39 is 23.2 Å². The second kappa shape index (κ2) is 7.17. The molecule has 0 radical (unpaired) electrons. The Hall–Kier alpha value is -2.95. The minimum absolute atomic E-state index is 0.204. The third kappa shape index (κ3) is 4.02. The van der Waals surface area contributed by atoms with Crippen molar-refractivity contribution in [1.82, 2.24) is 0 Å². The van der Waals surface area contributed by atoms with E-state index in [1.165, 1.54) is 18.2 Å². The Morgan fingerprint density at radius 2 is 1.73 bits per heavy atom. The van der Waals surface area contributed by atoms with Gasteiger partial charge < -0.3 is 20.1 Å². The number of ether oxygens (including phenoxy) is 1. The topological polar surface area (TPSA) is 87.0 Å². The first kappa shape index (κ1) is 15.4. The minimum atomic E-state index is -0.625. The number of hydrogen-bond acceptors (Lipinski definition) is 5. The van der Waals surface area contributed by atoms with Crippen LogP contribution in [0, 0.1) is 0 Å². The first-order chi connectivity index (χ1) is 10.6. The highest BCUT2D eigenvalue weighted by molar-refractivity contribution is 5.88. The van der Waals surface area contributed by atoms with Gasteiger partial charge in [0, 0.05) is 18.1 Å². The first-order valence-corrected chi connectivity index (χ1v) is 6.70. The maximum absolute atomic E-state index is 11.6. The van der Waals surface area contributed by atoms with Crippen LogP contribution in [0.5, 0.6) is 17.2 Å². The van der Waals surface area contributed by atoms with Gasteiger partial charge in [-0.1, -0.05) is 30.3 Å². The van der Waals surface area contributed by atoms with Crippen molar-refractivity contribution in [1.29, 1.82) is 0 Å². The lowest BCUT2D eigenvalue weighted by Gasteiger charge is -2.04. The van der Waals surface area contributed by atoms with Gasteiger partial charge in [0.1, 0.15) is 0 Å². The normalized spacial score (nSPS) is 10.7. The number of carbonyl (C=O) groups excluding carboxylic acids is 1. The third-order valence-corrected chi connectivity index (χ3v) is 3.04. The molecule has 3 N–H and O–H groups in total. The van der Waals surface area contributed by atoms with Gasteiger partial charge in [-0.15, -0.1) is 0 Å². The molecule has 0 saturated carbocycles. The standard InChI is InChI=1S/C17H16O5/c18-14-8-6-13(16(20)17(14)21)7-9-15(19)22-11-10-12-4-2-1-3-5-12/h1-9,18,20-21H,10-11H2/b9-7+. The van der Waals surface area contributed by atoms with Crippen molar-refractivity contribution in [3.05, 3.63) is 59.7 Å². The number of esters is 1. The summed E-state index contributed by atoms with van der Waals surface area (Å²) in [4.78, 5) is 11.6. The molecule has 114 valence electrons. The molecule has 0 heterocycles. The molecule has 0 aliphatic rings. The van der Waals surface area contributed by atoms with Gasteiger partial charge in [0.15, 0.2) is 11.5 Å². The molecule has 0 fully saturated rings. The van der Waals surface area contributed by atoms with Crippen molar-refractivity contribution in [3.63, 3.8) is 0 Å². The van der Waals surface area contributed by atoms with Crippen molar-refractivity contribution >= 4 is 12.0 Å². The van der Waals surface area contributed by atoms with Gasteiger partial charge >= 0.3 is 5.97 Å². The van der Waals surface area contributed by atoms with Crippen LogP contribution in [0.25, 0.3) is 6.08 Å². The Labute approximate surface area is 127 Å². The summed E-state index contributed by atoms with van der Waals surface area (Å²) in [6, 6.07) is 12.2. The van der Waals surface area contributed by atoms with E-state index in [4.69, 9.17) is 4.74 Å². The van der Waals surface area contributed by atoms with Crippen LogP contribution in [0.4, 0.5) is 0 Å². The molecular formula is C17H16O5. The molecule has 0 aliphatic carbocycles. The van der Waals surface area contributed by atoms with Crippen LogP contribution < -0.4 is 0 Å². The number of hydrogen-bond donors (Lipinski definition) is 3. The van der Waals surface area contributed by atoms with Crippen LogP contribution in [-0.2, 0) is 16.0 Å². The number of carbonyl (C=O) groups is 1. The third-order valence-electron chi connectivity index (χ3n) is 3.04. The SMILES string of the molecule is O=C(/C=C/c1ccc(O)c(O)c1O)OCCc1ccccc1. The van der Waals surface area contributed by atoms with Gasteiger partial charge in [-0.2, -0.15) is 0 Å². The summed E-state index contributed by atoms with van der Waals surface area (Å²) in [6.45, 7) is 0.250. The maximum Gasteiger partial charge on any atom is 0.330 e. The molecule has 0 atom stereocenters. The zero-order valence-corrected chi connectivity index (χ0v) is 11.8. The highest BCUT2D eigenvalue weighted by Crippen LogP contribution is 2.37. The average Bonchev–Trinajstić information content (AvgIpc) is 2.53. The molecule has 0 bridgehead atoms. The molecule has 5 heteroatoms. The summed E-state index contributed by atoms with van der Waals surface area (Å²) >= 11 is 0. The van der Waals surface area contributed by atoms with Crippen molar-refractivity contribution in [2.24, 2.45) is 0 Å². The number of phenols is 3. The lowest BCUT2D eigenvalue weighted by atomic mass is 10.1. The zero-order valence-electron chi connectivity index (χ0n) is 11.8. The Morgan fingerprint density at radius 3 is 2.45 bits per heavy atom. The summed E-state index contributed by atoms with van der Waals surface area (Å²) in [5, 5.41) is 28.2. The van der Waals surface area contributed by atoms with Crippen molar-refractivity contribution in [2.75, 3.05) is 6.61 Å². The van der Waals surface area contributed by atoms with Crippen LogP contribution in [0.3, 0.4) is 0 Å². The minimum Gasteiger partial charge on any atom is -0.504 e. The number of aromatic hydroxyl groups is 3. The Balaban J connectivity index is 1.88. The molecule has 0 amide bonds. The molecule has 2 aromatic rings. The van der Waals surface area contributed by atoms with E-state index in [0.29, 0.717) is 6.42 Å². The first-order valence-electron chi connectivity index (χ1n) is 6.70. The molecule has 0 saturated heterocycles. The lowest BCUT2D eigenvalue weighted by molar-refractivity contribution is -0.137. The molecule has 0 aromatic heterocycles. The predicted molar refractivity (Wildman–Crippen MR) is 81.6 cm³/mol. The van der Waals surface area contributed by atoms with E-state index in [2.05, 4.69) is 0 Å². The summed E-state index contributed by atoms with van der Waals surface area (Å²) in [5.74, 6) is -2.10. The van der Waals surface area contributed by atoms with Gasteiger partial charge in [0.2, 0.25) is 5.75 Å². The molecule has 2 aromatic carbocycles. The van der Waals surface area contributed by atoms with Crippen molar-refractivity contribution in [3.8, 4) is 17.2 Å². The fraction of sp³-hybridized carbons (Fsp3) is 0.118. The second-order valence-corrected chi connectivity index (χ2v) is 4.61. The fourth-order valence-corrected chi connectivity index (χ4v) is 1.84. The van der Waals surface area contributed by atoms with Crippen molar-refractivity contribution in [2.45, 2.75) is 6.42 Å². The number of rotatable bonds is 5.